The molecule has 1 aromatic carbocycles. The summed E-state index contributed by atoms with van der Waals surface area (Å²) in [7, 11) is 0. The van der Waals surface area contributed by atoms with Crippen LogP contribution in [0.4, 0.5) is 0 Å². The summed E-state index contributed by atoms with van der Waals surface area (Å²) in [5.74, 6) is 0.152. The van der Waals surface area contributed by atoms with Crippen molar-refractivity contribution in [3.63, 3.8) is 0 Å². The van der Waals surface area contributed by atoms with E-state index in [0.29, 0.717) is 26.1 Å². The predicted octanol–water partition coefficient (Wildman–Crippen LogP) is 1.92. The van der Waals surface area contributed by atoms with E-state index in [9.17, 15) is 9.59 Å². The fourth-order valence-corrected chi connectivity index (χ4v) is 3.23. The second-order valence-corrected chi connectivity index (χ2v) is 6.39. The molecule has 6 heteroatoms. The summed E-state index contributed by atoms with van der Waals surface area (Å²) in [6.07, 6.45) is 6.28. The molecule has 25 heavy (non-hydrogen) atoms. The Balaban J connectivity index is 1.70. The van der Waals surface area contributed by atoms with Crippen LogP contribution >= 0.6 is 0 Å². The van der Waals surface area contributed by atoms with Crippen LogP contribution in [-0.2, 0) is 22.7 Å². The summed E-state index contributed by atoms with van der Waals surface area (Å²) in [6.45, 7) is 4.00. The fourth-order valence-electron chi connectivity index (χ4n) is 3.23. The predicted molar refractivity (Wildman–Crippen MR) is 94.5 cm³/mol. The third-order valence-corrected chi connectivity index (χ3v) is 4.68. The van der Waals surface area contributed by atoms with Crippen LogP contribution in [0.15, 0.2) is 49.1 Å². The second kappa shape index (κ2) is 7.96. The standard InChI is InChI=1S/C19H24N4O2/c1-2-17-13-22(19(25)14-21-11-9-20-15-21)10-8-18(24)23(17)12-16-6-4-3-5-7-16/h3-7,9,11,15,17H,2,8,10,12-14H2,1H3/t17-/m1/s1. The number of rotatable bonds is 5. The van der Waals surface area contributed by atoms with Crippen LogP contribution in [0.3, 0.4) is 0 Å². The summed E-state index contributed by atoms with van der Waals surface area (Å²) in [6, 6.07) is 10.1. The highest BCUT2D eigenvalue weighted by molar-refractivity contribution is 5.80. The first kappa shape index (κ1) is 17.2. The van der Waals surface area contributed by atoms with E-state index in [1.165, 1.54) is 0 Å². The van der Waals surface area contributed by atoms with Crippen molar-refractivity contribution in [2.75, 3.05) is 13.1 Å². The molecule has 1 aromatic heterocycles. The van der Waals surface area contributed by atoms with Crippen molar-refractivity contribution >= 4 is 11.8 Å². The van der Waals surface area contributed by atoms with Gasteiger partial charge in [-0.15, -0.1) is 0 Å². The largest absolute Gasteiger partial charge is 0.339 e. The topological polar surface area (TPSA) is 58.4 Å². The van der Waals surface area contributed by atoms with Crippen molar-refractivity contribution in [3.8, 4) is 0 Å². The zero-order valence-corrected chi connectivity index (χ0v) is 14.5. The van der Waals surface area contributed by atoms with E-state index in [4.69, 9.17) is 0 Å². The van der Waals surface area contributed by atoms with Gasteiger partial charge in [0.15, 0.2) is 0 Å². The molecule has 2 heterocycles. The van der Waals surface area contributed by atoms with Gasteiger partial charge in [0.2, 0.25) is 11.8 Å². The van der Waals surface area contributed by atoms with Crippen LogP contribution in [-0.4, -0.2) is 50.3 Å². The minimum absolute atomic E-state index is 0.0332. The Hall–Kier alpha value is -2.63. The van der Waals surface area contributed by atoms with Gasteiger partial charge >= 0.3 is 0 Å². The molecule has 2 aromatic rings. The SMILES string of the molecule is CC[C@@H]1CN(C(=O)Cn2ccnc2)CCC(=O)N1Cc1ccccc1. The zero-order valence-electron chi connectivity index (χ0n) is 14.5. The van der Waals surface area contributed by atoms with Gasteiger partial charge in [-0.05, 0) is 12.0 Å². The van der Waals surface area contributed by atoms with Crippen molar-refractivity contribution in [3.05, 3.63) is 54.6 Å². The first-order valence-corrected chi connectivity index (χ1v) is 8.74. The first-order valence-electron chi connectivity index (χ1n) is 8.74. The molecule has 1 aliphatic rings. The Kier molecular flexibility index (Phi) is 5.48. The highest BCUT2D eigenvalue weighted by atomic mass is 16.2. The van der Waals surface area contributed by atoms with E-state index in [2.05, 4.69) is 11.9 Å². The molecule has 0 spiro atoms. The molecule has 0 radical (unpaired) electrons. The number of hydrogen-bond donors (Lipinski definition) is 0. The van der Waals surface area contributed by atoms with Crippen LogP contribution in [0, 0.1) is 0 Å². The minimum Gasteiger partial charge on any atom is -0.339 e. The summed E-state index contributed by atoms with van der Waals surface area (Å²) in [5, 5.41) is 0. The third-order valence-electron chi connectivity index (χ3n) is 4.68. The van der Waals surface area contributed by atoms with Crippen LogP contribution in [0.5, 0.6) is 0 Å². The Labute approximate surface area is 148 Å². The number of hydrogen-bond acceptors (Lipinski definition) is 3. The van der Waals surface area contributed by atoms with Gasteiger partial charge in [-0.1, -0.05) is 37.3 Å². The van der Waals surface area contributed by atoms with Crippen molar-refractivity contribution in [1.82, 2.24) is 19.4 Å². The van der Waals surface area contributed by atoms with E-state index in [1.807, 2.05) is 40.1 Å². The maximum Gasteiger partial charge on any atom is 0.242 e. The van der Waals surface area contributed by atoms with Crippen LogP contribution in [0.25, 0.3) is 0 Å². The molecule has 0 unspecified atom stereocenters. The summed E-state index contributed by atoms with van der Waals surface area (Å²) in [4.78, 5) is 33.0. The number of benzene rings is 1. The van der Waals surface area contributed by atoms with Crippen molar-refractivity contribution in [2.45, 2.75) is 38.9 Å². The molecule has 0 aliphatic carbocycles. The zero-order chi connectivity index (χ0) is 17.6. The van der Waals surface area contributed by atoms with Crippen molar-refractivity contribution in [2.24, 2.45) is 0 Å². The molecule has 1 atom stereocenters. The van der Waals surface area contributed by atoms with Gasteiger partial charge in [0.1, 0.15) is 6.54 Å². The quantitative estimate of drug-likeness (QED) is 0.835. The number of imidazole rings is 1. The molecule has 3 rings (SSSR count). The van der Waals surface area contributed by atoms with Crippen LogP contribution < -0.4 is 0 Å². The van der Waals surface area contributed by atoms with E-state index in [0.717, 1.165) is 12.0 Å². The van der Waals surface area contributed by atoms with E-state index in [1.54, 1.807) is 23.3 Å². The second-order valence-electron chi connectivity index (χ2n) is 6.39. The van der Waals surface area contributed by atoms with Gasteiger partial charge in [0.25, 0.3) is 0 Å². The van der Waals surface area contributed by atoms with Gasteiger partial charge in [-0.3, -0.25) is 9.59 Å². The van der Waals surface area contributed by atoms with E-state index in [-0.39, 0.29) is 24.4 Å². The van der Waals surface area contributed by atoms with Gasteiger partial charge in [0.05, 0.1) is 6.33 Å². The number of aromatic nitrogens is 2. The number of carbonyl (C=O) groups is 2. The van der Waals surface area contributed by atoms with Crippen LogP contribution in [0.2, 0.25) is 0 Å². The lowest BCUT2D eigenvalue weighted by molar-refractivity contribution is -0.133. The van der Waals surface area contributed by atoms with E-state index < -0.39 is 0 Å². The number of amides is 2. The maximum atomic E-state index is 12.6. The highest BCUT2D eigenvalue weighted by Gasteiger charge is 2.30. The lowest BCUT2D eigenvalue weighted by Crippen LogP contribution is -2.44. The Bertz CT molecular complexity index is 699. The highest BCUT2D eigenvalue weighted by Crippen LogP contribution is 2.18. The average Bonchev–Trinajstić information content (AvgIpc) is 3.08. The van der Waals surface area contributed by atoms with Gasteiger partial charge < -0.3 is 14.4 Å². The third kappa shape index (κ3) is 4.26. The summed E-state index contributed by atoms with van der Waals surface area (Å²) < 4.78 is 1.76. The molecule has 6 nitrogen and oxygen atoms in total. The van der Waals surface area contributed by atoms with Crippen LogP contribution in [0.1, 0.15) is 25.3 Å². The molecule has 1 fully saturated rings. The first-order chi connectivity index (χ1) is 12.2. The molecular formula is C19H24N4O2. The molecule has 132 valence electrons. The smallest absolute Gasteiger partial charge is 0.242 e. The lowest BCUT2D eigenvalue weighted by Gasteiger charge is -2.31. The Morgan fingerprint density at radius 1 is 1.28 bits per heavy atom. The Morgan fingerprint density at radius 3 is 2.76 bits per heavy atom. The fraction of sp³-hybridized carbons (Fsp3) is 0.421. The molecule has 0 saturated carbocycles. The monoisotopic (exact) mass is 340 g/mol. The van der Waals surface area contributed by atoms with Crippen molar-refractivity contribution in [1.29, 1.82) is 0 Å². The van der Waals surface area contributed by atoms with Gasteiger partial charge in [-0.25, -0.2) is 4.98 Å². The molecule has 1 aliphatic heterocycles. The minimum atomic E-state index is 0.0332. The van der Waals surface area contributed by atoms with Gasteiger partial charge in [-0.2, -0.15) is 0 Å². The number of carbonyl (C=O) groups excluding carboxylic acids is 2. The lowest BCUT2D eigenvalue weighted by atomic mass is 10.1. The molecule has 1 saturated heterocycles. The van der Waals surface area contributed by atoms with Crippen molar-refractivity contribution < 1.29 is 9.59 Å². The summed E-state index contributed by atoms with van der Waals surface area (Å²) in [5.41, 5.74) is 1.12. The molecule has 0 bridgehead atoms. The number of nitrogens with zero attached hydrogens (tertiary/aromatic N) is 4. The molecular weight excluding hydrogens is 316 g/mol. The normalized spacial score (nSPS) is 18.3. The van der Waals surface area contributed by atoms with Gasteiger partial charge in [0, 0.05) is 44.5 Å². The molecule has 2 amide bonds. The Morgan fingerprint density at radius 2 is 2.08 bits per heavy atom. The summed E-state index contributed by atoms with van der Waals surface area (Å²) >= 11 is 0. The van der Waals surface area contributed by atoms with E-state index >= 15 is 0 Å². The molecule has 0 N–H and O–H groups in total. The average molecular weight is 340 g/mol. The maximum absolute atomic E-state index is 12.6.